The van der Waals surface area contributed by atoms with Gasteiger partial charge in [-0.25, -0.2) is 0 Å². The monoisotopic (exact) mass is 439 g/mol. The number of hydrogen-bond donors (Lipinski definition) is 0. The molecule has 2 heterocycles. The molecule has 1 aromatic rings. The molecule has 3 rings (SSSR count). The molecule has 3 amide bonds. The zero-order valence-corrected chi connectivity index (χ0v) is 17.8. The highest BCUT2D eigenvalue weighted by molar-refractivity contribution is 5.95. The first kappa shape index (κ1) is 23.1. The van der Waals surface area contributed by atoms with Gasteiger partial charge in [0.25, 0.3) is 5.91 Å². The number of carbonyl (C=O) groups excluding carboxylic acids is 3. The van der Waals surface area contributed by atoms with Crippen LogP contribution in [0.15, 0.2) is 24.3 Å². The Morgan fingerprint density at radius 2 is 1.68 bits per heavy atom. The molecule has 0 saturated carbocycles. The Morgan fingerprint density at radius 1 is 1.06 bits per heavy atom. The number of piperazine rings is 1. The topological polar surface area (TPSA) is 60.9 Å². The lowest BCUT2D eigenvalue weighted by molar-refractivity contribution is -0.138. The van der Waals surface area contributed by atoms with Crippen molar-refractivity contribution in [2.24, 2.45) is 5.92 Å². The van der Waals surface area contributed by atoms with E-state index in [-0.39, 0.29) is 48.8 Å². The molecule has 1 unspecified atom stereocenters. The van der Waals surface area contributed by atoms with Gasteiger partial charge in [0.05, 0.1) is 11.5 Å². The standard InChI is InChI=1S/C22H28F3N3O3/c1-3-18(4-2)28-14-16(13-19(28)29)21(31)27-10-8-26(9-11-27)20(30)15-6-5-7-17(12-15)22(23,24)25/h5-7,12,16,18H,3-4,8-11,13-14H2,1-2H3. The van der Waals surface area contributed by atoms with Crippen LogP contribution in [0.4, 0.5) is 13.2 Å². The van der Waals surface area contributed by atoms with E-state index in [0.717, 1.165) is 25.0 Å². The second-order valence-corrected chi connectivity index (χ2v) is 8.11. The predicted molar refractivity (Wildman–Crippen MR) is 108 cm³/mol. The van der Waals surface area contributed by atoms with E-state index in [1.807, 2.05) is 13.8 Å². The number of rotatable bonds is 5. The molecular weight excluding hydrogens is 411 g/mol. The van der Waals surface area contributed by atoms with Crippen molar-refractivity contribution in [2.45, 2.75) is 45.3 Å². The minimum Gasteiger partial charge on any atom is -0.339 e. The molecule has 6 nitrogen and oxygen atoms in total. The first-order valence-corrected chi connectivity index (χ1v) is 10.7. The number of benzene rings is 1. The van der Waals surface area contributed by atoms with E-state index in [2.05, 4.69) is 0 Å². The van der Waals surface area contributed by atoms with Crippen LogP contribution in [0, 0.1) is 5.92 Å². The SMILES string of the molecule is CCC(CC)N1CC(C(=O)N2CCN(C(=O)c3cccc(C(F)(F)F)c3)CC2)CC1=O. The highest BCUT2D eigenvalue weighted by Gasteiger charge is 2.39. The number of nitrogens with zero attached hydrogens (tertiary/aromatic N) is 3. The smallest absolute Gasteiger partial charge is 0.339 e. The number of likely N-dealkylation sites (tertiary alicyclic amines) is 1. The number of halogens is 3. The van der Waals surface area contributed by atoms with E-state index < -0.39 is 17.6 Å². The number of carbonyl (C=O) groups is 3. The van der Waals surface area contributed by atoms with Crippen LogP contribution >= 0.6 is 0 Å². The van der Waals surface area contributed by atoms with Crippen LogP contribution in [-0.4, -0.2) is 71.2 Å². The summed E-state index contributed by atoms with van der Waals surface area (Å²) in [6, 6.07) is 4.52. The van der Waals surface area contributed by atoms with Crippen molar-refractivity contribution in [3.8, 4) is 0 Å². The van der Waals surface area contributed by atoms with Crippen LogP contribution in [0.25, 0.3) is 0 Å². The summed E-state index contributed by atoms with van der Waals surface area (Å²) in [6.45, 7) is 5.58. The van der Waals surface area contributed by atoms with Crippen LogP contribution in [0.1, 0.15) is 49.0 Å². The summed E-state index contributed by atoms with van der Waals surface area (Å²) >= 11 is 0. The number of hydrogen-bond acceptors (Lipinski definition) is 3. The maximum atomic E-state index is 12.9. The van der Waals surface area contributed by atoms with E-state index in [4.69, 9.17) is 0 Å². The molecule has 1 atom stereocenters. The highest BCUT2D eigenvalue weighted by Crippen LogP contribution is 2.30. The van der Waals surface area contributed by atoms with Crippen molar-refractivity contribution >= 4 is 17.7 Å². The normalized spacial score (nSPS) is 20.0. The van der Waals surface area contributed by atoms with Crippen LogP contribution < -0.4 is 0 Å². The van der Waals surface area contributed by atoms with Crippen LogP contribution in [0.2, 0.25) is 0 Å². The third-order valence-corrected chi connectivity index (χ3v) is 6.21. The molecule has 31 heavy (non-hydrogen) atoms. The molecule has 9 heteroatoms. The Kier molecular flexibility index (Phi) is 6.91. The van der Waals surface area contributed by atoms with E-state index in [9.17, 15) is 27.6 Å². The van der Waals surface area contributed by atoms with E-state index in [1.165, 1.54) is 17.0 Å². The molecule has 1 aromatic carbocycles. The van der Waals surface area contributed by atoms with E-state index >= 15 is 0 Å². The Labute approximate surface area is 180 Å². The molecule has 170 valence electrons. The van der Waals surface area contributed by atoms with Crippen molar-refractivity contribution in [1.82, 2.24) is 14.7 Å². The zero-order chi connectivity index (χ0) is 22.8. The molecule has 2 aliphatic heterocycles. The van der Waals surface area contributed by atoms with Crippen LogP contribution in [-0.2, 0) is 15.8 Å². The van der Waals surface area contributed by atoms with Crippen molar-refractivity contribution < 1.29 is 27.6 Å². The molecular formula is C22H28F3N3O3. The van der Waals surface area contributed by atoms with Crippen molar-refractivity contribution in [3.63, 3.8) is 0 Å². The molecule has 0 N–H and O–H groups in total. The molecule has 0 aromatic heterocycles. The molecule has 0 radical (unpaired) electrons. The summed E-state index contributed by atoms with van der Waals surface area (Å²) in [4.78, 5) is 42.8. The summed E-state index contributed by atoms with van der Waals surface area (Å²) in [7, 11) is 0. The fraction of sp³-hybridized carbons (Fsp3) is 0.591. The van der Waals surface area contributed by atoms with E-state index in [1.54, 1.807) is 9.80 Å². The molecule has 0 bridgehead atoms. The lowest BCUT2D eigenvalue weighted by Crippen LogP contribution is -2.52. The second-order valence-electron chi connectivity index (χ2n) is 8.11. The fourth-order valence-corrected chi connectivity index (χ4v) is 4.38. The van der Waals surface area contributed by atoms with Gasteiger partial charge in [-0.3, -0.25) is 14.4 Å². The van der Waals surface area contributed by atoms with Gasteiger partial charge < -0.3 is 14.7 Å². The lowest BCUT2D eigenvalue weighted by Gasteiger charge is -2.36. The largest absolute Gasteiger partial charge is 0.416 e. The van der Waals surface area contributed by atoms with Gasteiger partial charge in [-0.2, -0.15) is 13.2 Å². The average Bonchev–Trinajstić information content (AvgIpc) is 3.14. The maximum absolute atomic E-state index is 12.9. The Balaban J connectivity index is 1.58. The van der Waals surface area contributed by atoms with Crippen LogP contribution in [0.5, 0.6) is 0 Å². The molecule has 2 aliphatic rings. The quantitative estimate of drug-likeness (QED) is 0.709. The number of amides is 3. The Morgan fingerprint density at radius 3 is 2.26 bits per heavy atom. The summed E-state index contributed by atoms with van der Waals surface area (Å²) in [6.07, 6.45) is -2.61. The molecule has 0 spiro atoms. The minimum atomic E-state index is -4.51. The highest BCUT2D eigenvalue weighted by atomic mass is 19.4. The van der Waals surface area contributed by atoms with Gasteiger partial charge in [-0.1, -0.05) is 19.9 Å². The third kappa shape index (κ3) is 5.02. The third-order valence-electron chi connectivity index (χ3n) is 6.21. The van der Waals surface area contributed by atoms with Gasteiger partial charge in [0, 0.05) is 50.7 Å². The summed E-state index contributed by atoms with van der Waals surface area (Å²) in [5.74, 6) is -0.939. The van der Waals surface area contributed by atoms with Gasteiger partial charge in [-0.05, 0) is 31.0 Å². The lowest BCUT2D eigenvalue weighted by atomic mass is 10.1. The summed E-state index contributed by atoms with van der Waals surface area (Å²) in [5, 5.41) is 0. The predicted octanol–water partition coefficient (Wildman–Crippen LogP) is 3.03. The van der Waals surface area contributed by atoms with Crippen molar-refractivity contribution in [2.75, 3.05) is 32.7 Å². The van der Waals surface area contributed by atoms with Gasteiger partial charge in [0.2, 0.25) is 11.8 Å². The van der Waals surface area contributed by atoms with E-state index in [0.29, 0.717) is 19.6 Å². The van der Waals surface area contributed by atoms with Gasteiger partial charge >= 0.3 is 6.18 Å². The maximum Gasteiger partial charge on any atom is 0.416 e. The zero-order valence-electron chi connectivity index (χ0n) is 17.8. The van der Waals surface area contributed by atoms with Crippen LogP contribution in [0.3, 0.4) is 0 Å². The summed E-state index contributed by atoms with van der Waals surface area (Å²) < 4.78 is 38.7. The Bertz CT molecular complexity index is 831. The van der Waals surface area contributed by atoms with Gasteiger partial charge in [-0.15, -0.1) is 0 Å². The molecule has 2 saturated heterocycles. The molecule has 2 fully saturated rings. The first-order chi connectivity index (χ1) is 14.7. The first-order valence-electron chi connectivity index (χ1n) is 10.7. The minimum absolute atomic E-state index is 0.00501. The average molecular weight is 439 g/mol. The Hall–Kier alpha value is -2.58. The fourth-order valence-electron chi connectivity index (χ4n) is 4.38. The van der Waals surface area contributed by atoms with Gasteiger partial charge in [0.15, 0.2) is 0 Å². The number of alkyl halides is 3. The molecule has 0 aliphatic carbocycles. The van der Waals surface area contributed by atoms with Gasteiger partial charge in [0.1, 0.15) is 0 Å². The summed E-state index contributed by atoms with van der Waals surface area (Å²) in [5.41, 5.74) is -0.878. The van der Waals surface area contributed by atoms with Crippen molar-refractivity contribution in [3.05, 3.63) is 35.4 Å². The second kappa shape index (κ2) is 9.28. The van der Waals surface area contributed by atoms with Crippen molar-refractivity contribution in [1.29, 1.82) is 0 Å².